The minimum Gasteiger partial charge on any atom is -0.465 e. The molecule has 8 heteroatoms. The van der Waals surface area contributed by atoms with Gasteiger partial charge in [0.15, 0.2) is 5.82 Å². The van der Waals surface area contributed by atoms with Gasteiger partial charge in [-0.1, -0.05) is 19.0 Å². The van der Waals surface area contributed by atoms with Crippen LogP contribution in [0.4, 0.5) is 5.69 Å². The van der Waals surface area contributed by atoms with Crippen LogP contribution in [0.25, 0.3) is 0 Å². The number of carbonyl (C=O) groups is 2. The van der Waals surface area contributed by atoms with E-state index in [2.05, 4.69) is 20.2 Å². The van der Waals surface area contributed by atoms with E-state index < -0.39 is 5.97 Å². The van der Waals surface area contributed by atoms with E-state index >= 15 is 0 Å². The van der Waals surface area contributed by atoms with Crippen LogP contribution in [-0.2, 0) is 16.0 Å². The number of rotatable bonds is 7. The predicted molar refractivity (Wildman–Crippen MR) is 85.6 cm³/mol. The van der Waals surface area contributed by atoms with Crippen molar-refractivity contribution in [2.75, 3.05) is 12.4 Å². The summed E-state index contributed by atoms with van der Waals surface area (Å²) in [7, 11) is 1.31. The minimum atomic E-state index is -0.456. The molecule has 2 rings (SSSR count). The van der Waals surface area contributed by atoms with Gasteiger partial charge in [-0.3, -0.25) is 4.79 Å². The van der Waals surface area contributed by atoms with Gasteiger partial charge < -0.3 is 14.6 Å². The van der Waals surface area contributed by atoms with Gasteiger partial charge in [0.1, 0.15) is 4.88 Å². The third kappa shape index (κ3) is 4.62. The number of hydrogen-bond donors (Lipinski definition) is 1. The Morgan fingerprint density at radius 3 is 2.87 bits per heavy atom. The lowest BCUT2D eigenvalue weighted by Gasteiger charge is -2.04. The number of carbonyl (C=O) groups excluding carboxylic acids is 2. The summed E-state index contributed by atoms with van der Waals surface area (Å²) in [5.41, 5.74) is 0.478. The standard InChI is InChI=1S/C15H19N3O4S/c1-9(2)14-17-12(22-18-14)6-4-5-11(19)16-10-7-8-23-13(10)15(20)21-3/h7-9H,4-6H2,1-3H3,(H,16,19). The largest absolute Gasteiger partial charge is 0.465 e. The fourth-order valence-electron chi connectivity index (χ4n) is 1.88. The SMILES string of the molecule is COC(=O)c1sccc1NC(=O)CCCc1nc(C(C)C)no1. The van der Waals surface area contributed by atoms with Gasteiger partial charge in [-0.25, -0.2) is 4.79 Å². The number of ether oxygens (including phenoxy) is 1. The second kappa shape index (κ2) is 7.87. The normalized spacial score (nSPS) is 10.8. The van der Waals surface area contributed by atoms with Crippen molar-refractivity contribution >= 4 is 28.9 Å². The fourth-order valence-corrected chi connectivity index (χ4v) is 2.64. The van der Waals surface area contributed by atoms with Crippen LogP contribution in [0.15, 0.2) is 16.0 Å². The average molecular weight is 337 g/mol. The summed E-state index contributed by atoms with van der Waals surface area (Å²) in [5.74, 6) is 0.795. The Morgan fingerprint density at radius 2 is 2.22 bits per heavy atom. The van der Waals surface area contributed by atoms with Crippen LogP contribution < -0.4 is 5.32 Å². The monoisotopic (exact) mass is 337 g/mol. The first-order valence-corrected chi connectivity index (χ1v) is 8.17. The zero-order valence-corrected chi connectivity index (χ0v) is 14.1. The maximum Gasteiger partial charge on any atom is 0.350 e. The Labute approximate surface area is 138 Å². The van der Waals surface area contributed by atoms with E-state index in [1.54, 1.807) is 11.4 Å². The predicted octanol–water partition coefficient (Wildman–Crippen LogP) is 3.00. The third-order valence-corrected chi connectivity index (χ3v) is 4.00. The first-order valence-electron chi connectivity index (χ1n) is 7.29. The Bertz CT molecular complexity index is 678. The number of nitrogens with one attached hydrogen (secondary N) is 1. The van der Waals surface area contributed by atoms with E-state index in [9.17, 15) is 9.59 Å². The van der Waals surface area contributed by atoms with Gasteiger partial charge in [0.2, 0.25) is 11.8 Å². The molecule has 0 aromatic carbocycles. The molecule has 0 radical (unpaired) electrons. The molecular weight excluding hydrogens is 318 g/mol. The maximum absolute atomic E-state index is 12.0. The van der Waals surface area contributed by atoms with Gasteiger partial charge in [-0.05, 0) is 17.9 Å². The molecular formula is C15H19N3O4S. The highest BCUT2D eigenvalue weighted by Gasteiger charge is 2.16. The molecule has 0 fully saturated rings. The summed E-state index contributed by atoms with van der Waals surface area (Å²) in [5, 5.41) is 8.33. The molecule has 0 saturated heterocycles. The zero-order valence-electron chi connectivity index (χ0n) is 13.3. The van der Waals surface area contributed by atoms with Crippen molar-refractivity contribution in [1.82, 2.24) is 10.1 Å². The van der Waals surface area contributed by atoms with Crippen LogP contribution in [-0.4, -0.2) is 29.1 Å². The van der Waals surface area contributed by atoms with Crippen LogP contribution in [0.2, 0.25) is 0 Å². The van der Waals surface area contributed by atoms with E-state index in [-0.39, 0.29) is 11.8 Å². The zero-order chi connectivity index (χ0) is 16.8. The number of esters is 1. The molecule has 0 aliphatic rings. The van der Waals surface area contributed by atoms with Crippen LogP contribution in [0.3, 0.4) is 0 Å². The molecule has 7 nitrogen and oxygen atoms in total. The molecule has 0 unspecified atom stereocenters. The molecule has 0 saturated carbocycles. The molecule has 0 aliphatic heterocycles. The number of anilines is 1. The van der Waals surface area contributed by atoms with Crippen molar-refractivity contribution in [3.8, 4) is 0 Å². The number of hydrogen-bond acceptors (Lipinski definition) is 7. The number of aryl methyl sites for hydroxylation is 1. The lowest BCUT2D eigenvalue weighted by atomic mass is 10.2. The second-order valence-electron chi connectivity index (χ2n) is 5.26. The van der Waals surface area contributed by atoms with Crippen molar-refractivity contribution in [3.05, 3.63) is 28.0 Å². The third-order valence-electron chi connectivity index (χ3n) is 3.10. The van der Waals surface area contributed by atoms with Gasteiger partial charge in [-0.2, -0.15) is 4.98 Å². The van der Waals surface area contributed by atoms with Gasteiger partial charge >= 0.3 is 5.97 Å². The highest BCUT2D eigenvalue weighted by Crippen LogP contribution is 2.23. The van der Waals surface area contributed by atoms with E-state index in [1.165, 1.54) is 18.4 Å². The average Bonchev–Trinajstić information content (AvgIpc) is 3.16. The van der Waals surface area contributed by atoms with Crippen LogP contribution in [0, 0.1) is 0 Å². The first kappa shape index (κ1) is 17.1. The lowest BCUT2D eigenvalue weighted by molar-refractivity contribution is -0.116. The van der Waals surface area contributed by atoms with Crippen molar-refractivity contribution in [3.63, 3.8) is 0 Å². The molecule has 124 valence electrons. The quantitative estimate of drug-likeness (QED) is 0.781. The van der Waals surface area contributed by atoms with Gasteiger partial charge in [0, 0.05) is 18.8 Å². The Morgan fingerprint density at radius 1 is 1.43 bits per heavy atom. The summed E-state index contributed by atoms with van der Waals surface area (Å²) in [6.45, 7) is 3.98. The molecule has 23 heavy (non-hydrogen) atoms. The summed E-state index contributed by atoms with van der Waals surface area (Å²) in [4.78, 5) is 28.1. The molecule has 1 amide bonds. The Kier molecular flexibility index (Phi) is 5.86. The van der Waals surface area contributed by atoms with Crippen LogP contribution >= 0.6 is 11.3 Å². The number of aromatic nitrogens is 2. The number of nitrogens with zero attached hydrogens (tertiary/aromatic N) is 2. The van der Waals surface area contributed by atoms with E-state index in [0.29, 0.717) is 41.5 Å². The Hall–Kier alpha value is -2.22. The summed E-state index contributed by atoms with van der Waals surface area (Å²) >= 11 is 1.23. The molecule has 0 aliphatic carbocycles. The Balaban J connectivity index is 1.81. The highest BCUT2D eigenvalue weighted by molar-refractivity contribution is 7.12. The first-order chi connectivity index (χ1) is 11.0. The summed E-state index contributed by atoms with van der Waals surface area (Å²) < 4.78 is 9.80. The van der Waals surface area contributed by atoms with Gasteiger partial charge in [0.25, 0.3) is 0 Å². The van der Waals surface area contributed by atoms with E-state index in [4.69, 9.17) is 4.52 Å². The number of thiophene rings is 1. The van der Waals surface area contributed by atoms with Crippen LogP contribution in [0.1, 0.15) is 54.0 Å². The van der Waals surface area contributed by atoms with Crippen molar-refractivity contribution in [2.24, 2.45) is 0 Å². The second-order valence-corrected chi connectivity index (χ2v) is 6.17. The maximum atomic E-state index is 12.0. The molecule has 0 spiro atoms. The van der Waals surface area contributed by atoms with E-state index in [0.717, 1.165) is 0 Å². The number of methoxy groups -OCH3 is 1. The minimum absolute atomic E-state index is 0.169. The summed E-state index contributed by atoms with van der Waals surface area (Å²) in [6, 6.07) is 1.68. The highest BCUT2D eigenvalue weighted by atomic mass is 32.1. The van der Waals surface area contributed by atoms with Crippen molar-refractivity contribution in [2.45, 2.75) is 39.0 Å². The fraction of sp³-hybridized carbons (Fsp3) is 0.467. The molecule has 0 bridgehead atoms. The topological polar surface area (TPSA) is 94.3 Å². The summed E-state index contributed by atoms with van der Waals surface area (Å²) in [6.07, 6.45) is 1.43. The van der Waals surface area contributed by atoms with E-state index in [1.807, 2.05) is 13.8 Å². The molecule has 2 aromatic rings. The molecule has 0 atom stereocenters. The molecule has 1 N–H and O–H groups in total. The van der Waals surface area contributed by atoms with Crippen LogP contribution in [0.5, 0.6) is 0 Å². The molecule has 2 aromatic heterocycles. The van der Waals surface area contributed by atoms with Gasteiger partial charge in [0.05, 0.1) is 12.8 Å². The lowest BCUT2D eigenvalue weighted by Crippen LogP contribution is -2.13. The van der Waals surface area contributed by atoms with Crippen molar-refractivity contribution < 1.29 is 18.8 Å². The molecule has 2 heterocycles. The number of amides is 1. The van der Waals surface area contributed by atoms with Crippen molar-refractivity contribution in [1.29, 1.82) is 0 Å². The van der Waals surface area contributed by atoms with Gasteiger partial charge in [-0.15, -0.1) is 11.3 Å². The smallest absolute Gasteiger partial charge is 0.350 e.